The van der Waals surface area contributed by atoms with Crippen molar-refractivity contribution in [2.75, 3.05) is 0 Å². The fourth-order valence-electron chi connectivity index (χ4n) is 1.47. The van der Waals surface area contributed by atoms with E-state index in [-0.39, 0.29) is 0 Å². The van der Waals surface area contributed by atoms with Gasteiger partial charge in [-0.3, -0.25) is 0 Å². The van der Waals surface area contributed by atoms with E-state index in [1.807, 2.05) is 0 Å². The van der Waals surface area contributed by atoms with Crippen molar-refractivity contribution in [3.63, 3.8) is 0 Å². The Balaban J connectivity index is 2.32. The van der Waals surface area contributed by atoms with Crippen LogP contribution in [0.25, 0.3) is 5.57 Å². The molecule has 12 heavy (non-hydrogen) atoms. The topological polar surface area (TPSA) is 0 Å². The van der Waals surface area contributed by atoms with E-state index in [0.29, 0.717) is 0 Å². The Kier molecular flexibility index (Phi) is 1.76. The quantitative estimate of drug-likeness (QED) is 0.617. The lowest BCUT2D eigenvalue weighted by Gasteiger charge is -2.02. The Labute approximate surface area is 73.9 Å². The van der Waals surface area contributed by atoms with Crippen molar-refractivity contribution in [2.45, 2.75) is 25.7 Å². The summed E-state index contributed by atoms with van der Waals surface area (Å²) in [5.41, 5.74) is 3.95. The van der Waals surface area contributed by atoms with Gasteiger partial charge in [0.05, 0.1) is 0 Å². The highest BCUT2D eigenvalue weighted by atomic mass is 14.3. The van der Waals surface area contributed by atoms with Crippen LogP contribution in [0.15, 0.2) is 30.8 Å². The second-order valence-corrected chi connectivity index (χ2v) is 3.68. The van der Waals surface area contributed by atoms with Crippen LogP contribution >= 0.6 is 0 Å². The predicted molar refractivity (Wildman–Crippen MR) is 53.1 cm³/mol. The zero-order valence-corrected chi connectivity index (χ0v) is 7.51. The third-order valence-electron chi connectivity index (χ3n) is 2.43. The second-order valence-electron chi connectivity index (χ2n) is 3.68. The molecule has 1 aromatic rings. The highest BCUT2D eigenvalue weighted by Gasteiger charge is 2.23. The van der Waals surface area contributed by atoms with Crippen molar-refractivity contribution in [1.82, 2.24) is 0 Å². The van der Waals surface area contributed by atoms with Crippen molar-refractivity contribution in [3.8, 4) is 0 Å². The van der Waals surface area contributed by atoms with Gasteiger partial charge >= 0.3 is 0 Å². The van der Waals surface area contributed by atoms with Gasteiger partial charge in [-0.25, -0.2) is 0 Å². The Morgan fingerprint density at radius 3 is 2.75 bits per heavy atom. The van der Waals surface area contributed by atoms with Crippen LogP contribution in [-0.4, -0.2) is 0 Å². The van der Waals surface area contributed by atoms with Gasteiger partial charge in [0.1, 0.15) is 0 Å². The lowest BCUT2D eigenvalue weighted by Crippen LogP contribution is -1.82. The molecule has 0 N–H and O–H groups in total. The summed E-state index contributed by atoms with van der Waals surface area (Å²) in [5.74, 6) is 0.851. The maximum Gasteiger partial charge on any atom is -0.0161 e. The fraction of sp³-hybridized carbons (Fsp3) is 0.333. The molecular formula is C12H14. The highest BCUT2D eigenvalue weighted by Crippen LogP contribution is 2.40. The molecule has 0 nitrogen and oxygen atoms in total. The Morgan fingerprint density at radius 1 is 1.42 bits per heavy atom. The van der Waals surface area contributed by atoms with Crippen LogP contribution < -0.4 is 0 Å². The van der Waals surface area contributed by atoms with Gasteiger partial charge in [-0.05, 0) is 36.8 Å². The third-order valence-corrected chi connectivity index (χ3v) is 2.43. The molecule has 1 aliphatic carbocycles. The lowest BCUT2D eigenvalue weighted by atomic mass is 10.0. The number of hydrogen-bond donors (Lipinski definition) is 0. The zero-order valence-electron chi connectivity index (χ0n) is 7.51. The van der Waals surface area contributed by atoms with Crippen molar-refractivity contribution in [3.05, 3.63) is 42.0 Å². The van der Waals surface area contributed by atoms with Crippen LogP contribution in [0.4, 0.5) is 0 Å². The van der Waals surface area contributed by atoms with Crippen LogP contribution in [0.1, 0.15) is 36.8 Å². The fourth-order valence-corrected chi connectivity index (χ4v) is 1.47. The Morgan fingerprint density at radius 2 is 2.17 bits per heavy atom. The zero-order chi connectivity index (χ0) is 8.55. The number of allylic oxidation sites excluding steroid dienone is 1. The summed E-state index contributed by atoms with van der Waals surface area (Å²) in [6.07, 6.45) is 2.75. The molecule has 0 unspecified atom stereocenters. The van der Waals surface area contributed by atoms with Crippen molar-refractivity contribution >= 4 is 5.57 Å². The molecule has 0 bridgehead atoms. The molecule has 1 aromatic carbocycles. The molecule has 0 aliphatic heterocycles. The molecule has 2 rings (SSSR count). The van der Waals surface area contributed by atoms with Gasteiger partial charge < -0.3 is 0 Å². The Bertz CT molecular complexity index is 306. The SMILES string of the molecule is C=C(C)c1cccc(C2CC2)c1. The first-order chi connectivity index (χ1) is 5.77. The monoisotopic (exact) mass is 158 g/mol. The molecule has 1 saturated carbocycles. The first-order valence-corrected chi connectivity index (χ1v) is 4.53. The summed E-state index contributed by atoms with van der Waals surface area (Å²) in [6.45, 7) is 6.01. The normalized spacial score (nSPS) is 16.1. The molecule has 1 aliphatic rings. The molecular weight excluding hydrogens is 144 g/mol. The van der Waals surface area contributed by atoms with Gasteiger partial charge in [0.15, 0.2) is 0 Å². The van der Waals surface area contributed by atoms with Gasteiger partial charge in [-0.1, -0.05) is 36.4 Å². The van der Waals surface area contributed by atoms with Crippen molar-refractivity contribution < 1.29 is 0 Å². The Hall–Kier alpha value is -1.04. The third kappa shape index (κ3) is 1.42. The van der Waals surface area contributed by atoms with Gasteiger partial charge in [-0.15, -0.1) is 0 Å². The van der Waals surface area contributed by atoms with E-state index in [1.54, 1.807) is 0 Å². The van der Waals surface area contributed by atoms with E-state index in [1.165, 1.54) is 24.0 Å². The van der Waals surface area contributed by atoms with Crippen LogP contribution in [0.5, 0.6) is 0 Å². The van der Waals surface area contributed by atoms with Crippen molar-refractivity contribution in [2.24, 2.45) is 0 Å². The first-order valence-electron chi connectivity index (χ1n) is 4.53. The highest BCUT2D eigenvalue weighted by molar-refractivity contribution is 5.62. The van der Waals surface area contributed by atoms with E-state index in [9.17, 15) is 0 Å². The van der Waals surface area contributed by atoms with Crippen molar-refractivity contribution in [1.29, 1.82) is 0 Å². The predicted octanol–water partition coefficient (Wildman–Crippen LogP) is 3.60. The van der Waals surface area contributed by atoms with Gasteiger partial charge in [-0.2, -0.15) is 0 Å². The molecule has 0 aromatic heterocycles. The molecule has 0 heteroatoms. The maximum absolute atomic E-state index is 3.95. The molecule has 0 atom stereocenters. The summed E-state index contributed by atoms with van der Waals surface area (Å²) in [6, 6.07) is 8.77. The van der Waals surface area contributed by atoms with Crippen LogP contribution in [0.2, 0.25) is 0 Å². The number of hydrogen-bond acceptors (Lipinski definition) is 0. The molecule has 62 valence electrons. The van der Waals surface area contributed by atoms with E-state index >= 15 is 0 Å². The molecule has 0 radical (unpaired) electrons. The smallest absolute Gasteiger partial charge is 0.0161 e. The van der Waals surface area contributed by atoms with Crippen LogP contribution in [0.3, 0.4) is 0 Å². The van der Waals surface area contributed by atoms with Crippen LogP contribution in [-0.2, 0) is 0 Å². The van der Waals surface area contributed by atoms with E-state index in [4.69, 9.17) is 0 Å². The maximum atomic E-state index is 3.95. The minimum Gasteiger partial charge on any atom is -0.0955 e. The summed E-state index contributed by atoms with van der Waals surface area (Å²) < 4.78 is 0. The minimum absolute atomic E-state index is 0.851. The number of rotatable bonds is 2. The average Bonchev–Trinajstić information content (AvgIpc) is 2.87. The summed E-state index contributed by atoms with van der Waals surface area (Å²) in [7, 11) is 0. The first kappa shape index (κ1) is 7.60. The van der Waals surface area contributed by atoms with Crippen LogP contribution in [0, 0.1) is 0 Å². The summed E-state index contributed by atoms with van der Waals surface area (Å²) in [5, 5.41) is 0. The van der Waals surface area contributed by atoms with E-state index < -0.39 is 0 Å². The second kappa shape index (κ2) is 2.78. The molecule has 0 amide bonds. The standard InChI is InChI=1S/C12H14/c1-9(2)11-4-3-5-12(8-11)10-6-7-10/h3-5,8,10H,1,6-7H2,2H3. The molecule has 0 spiro atoms. The minimum atomic E-state index is 0.851. The summed E-state index contributed by atoms with van der Waals surface area (Å²) in [4.78, 5) is 0. The van der Waals surface area contributed by atoms with E-state index in [2.05, 4.69) is 37.8 Å². The molecule has 0 heterocycles. The van der Waals surface area contributed by atoms with Gasteiger partial charge in [0.2, 0.25) is 0 Å². The largest absolute Gasteiger partial charge is 0.0955 e. The molecule has 0 saturated heterocycles. The summed E-state index contributed by atoms with van der Waals surface area (Å²) >= 11 is 0. The van der Waals surface area contributed by atoms with E-state index in [0.717, 1.165) is 11.5 Å². The molecule has 1 fully saturated rings. The average molecular weight is 158 g/mol. The van der Waals surface area contributed by atoms with Gasteiger partial charge in [0, 0.05) is 0 Å². The lowest BCUT2D eigenvalue weighted by molar-refractivity contribution is 1.13. The van der Waals surface area contributed by atoms with Gasteiger partial charge in [0.25, 0.3) is 0 Å². The number of benzene rings is 1.